The lowest BCUT2D eigenvalue weighted by Crippen LogP contribution is -2.23. The molecule has 0 radical (unpaired) electrons. The first-order valence-corrected chi connectivity index (χ1v) is 7.71. The number of ketones is 1. The zero-order valence-corrected chi connectivity index (χ0v) is 13.6. The number of nitrogen functional groups attached to an aromatic ring is 2. The van der Waals surface area contributed by atoms with Crippen molar-refractivity contribution in [3.05, 3.63) is 35.9 Å². The molecule has 1 aromatic carbocycles. The molecule has 0 aliphatic rings. The van der Waals surface area contributed by atoms with Crippen LogP contribution in [-0.4, -0.2) is 26.9 Å². The maximum atomic E-state index is 12.2. The van der Waals surface area contributed by atoms with Gasteiger partial charge in [0.1, 0.15) is 11.6 Å². The van der Waals surface area contributed by atoms with Gasteiger partial charge in [-0.2, -0.15) is 0 Å². The van der Waals surface area contributed by atoms with E-state index in [0.29, 0.717) is 16.4 Å². The summed E-state index contributed by atoms with van der Waals surface area (Å²) in [7, 11) is 0. The highest BCUT2D eigenvalue weighted by Crippen LogP contribution is 2.23. The molecule has 1 unspecified atom stereocenters. The van der Waals surface area contributed by atoms with E-state index < -0.39 is 5.25 Å². The van der Waals surface area contributed by atoms with E-state index in [0.717, 1.165) is 11.8 Å². The number of nitrogens with one attached hydrogen (secondary N) is 1. The molecule has 1 aromatic heterocycles. The van der Waals surface area contributed by atoms with Gasteiger partial charge in [-0.3, -0.25) is 9.59 Å². The number of thioether (sulfide) groups is 1. The summed E-state index contributed by atoms with van der Waals surface area (Å²) in [4.78, 5) is 31.6. The Balaban J connectivity index is 2.05. The number of aromatic nitrogens is 2. The van der Waals surface area contributed by atoms with Gasteiger partial charge in [-0.25, -0.2) is 9.97 Å². The minimum Gasteiger partial charge on any atom is -0.383 e. The lowest BCUT2D eigenvalue weighted by Gasteiger charge is -2.12. The van der Waals surface area contributed by atoms with E-state index in [1.165, 1.54) is 13.0 Å². The minimum atomic E-state index is -0.461. The molecule has 0 saturated heterocycles. The predicted molar refractivity (Wildman–Crippen MR) is 91.3 cm³/mol. The van der Waals surface area contributed by atoms with Crippen LogP contribution in [0.2, 0.25) is 0 Å². The van der Waals surface area contributed by atoms with Crippen molar-refractivity contribution in [1.82, 2.24) is 9.97 Å². The van der Waals surface area contributed by atoms with Crippen molar-refractivity contribution in [2.24, 2.45) is 0 Å². The summed E-state index contributed by atoms with van der Waals surface area (Å²) in [5, 5.41) is 2.63. The molecular weight excluding hydrogens is 314 g/mol. The van der Waals surface area contributed by atoms with Gasteiger partial charge in [0.05, 0.1) is 5.25 Å². The molecule has 7 nitrogen and oxygen atoms in total. The second-order valence-corrected chi connectivity index (χ2v) is 6.19. The van der Waals surface area contributed by atoms with Crippen LogP contribution in [0.4, 0.5) is 17.3 Å². The van der Waals surface area contributed by atoms with Crippen LogP contribution in [0.15, 0.2) is 35.5 Å². The van der Waals surface area contributed by atoms with Crippen molar-refractivity contribution < 1.29 is 9.59 Å². The normalized spacial score (nSPS) is 11.7. The Morgan fingerprint density at radius 1 is 1.17 bits per heavy atom. The summed E-state index contributed by atoms with van der Waals surface area (Å²) in [5.74, 6) is 0.205. The van der Waals surface area contributed by atoms with Crippen molar-refractivity contribution >= 4 is 40.8 Å². The van der Waals surface area contributed by atoms with Crippen LogP contribution in [-0.2, 0) is 4.79 Å². The third-order valence-electron chi connectivity index (χ3n) is 2.93. The van der Waals surface area contributed by atoms with Crippen LogP contribution in [0.3, 0.4) is 0 Å². The van der Waals surface area contributed by atoms with E-state index >= 15 is 0 Å². The first-order valence-electron chi connectivity index (χ1n) is 6.83. The molecule has 0 aliphatic carbocycles. The fourth-order valence-electron chi connectivity index (χ4n) is 1.79. The van der Waals surface area contributed by atoms with Crippen molar-refractivity contribution in [2.75, 3.05) is 16.8 Å². The fourth-order valence-corrected chi connectivity index (χ4v) is 2.58. The van der Waals surface area contributed by atoms with Gasteiger partial charge in [0.25, 0.3) is 0 Å². The number of rotatable bonds is 5. The average Bonchev–Trinajstić information content (AvgIpc) is 2.46. The lowest BCUT2D eigenvalue weighted by atomic mass is 10.1. The molecule has 0 bridgehead atoms. The first kappa shape index (κ1) is 16.8. The average molecular weight is 331 g/mol. The summed E-state index contributed by atoms with van der Waals surface area (Å²) in [6, 6.07) is 8.21. The highest BCUT2D eigenvalue weighted by Gasteiger charge is 2.17. The van der Waals surface area contributed by atoms with Gasteiger partial charge in [0, 0.05) is 17.3 Å². The molecule has 8 heteroatoms. The summed E-state index contributed by atoms with van der Waals surface area (Å²) in [6.07, 6.45) is 0. The van der Waals surface area contributed by atoms with Crippen molar-refractivity contribution in [2.45, 2.75) is 24.3 Å². The Labute approximate surface area is 137 Å². The quantitative estimate of drug-likeness (QED) is 0.434. The molecule has 0 saturated carbocycles. The number of nitrogens with two attached hydrogens (primary N) is 2. The van der Waals surface area contributed by atoms with Gasteiger partial charge >= 0.3 is 0 Å². The maximum absolute atomic E-state index is 12.2. The topological polar surface area (TPSA) is 124 Å². The van der Waals surface area contributed by atoms with E-state index in [1.807, 2.05) is 0 Å². The molecule has 2 aromatic rings. The molecule has 5 N–H and O–H groups in total. The SMILES string of the molecule is CC(=O)c1cccc(NC(=O)C(C)Sc2nc(N)cc(N)n2)c1. The standard InChI is InChI=1S/C15H17N5O2S/c1-8(21)10-4-3-5-11(6-10)18-14(22)9(2)23-15-19-12(16)7-13(17)20-15/h3-7,9H,1-2H3,(H,18,22)(H4,16,17,19,20). The van der Waals surface area contributed by atoms with Crippen LogP contribution in [0, 0.1) is 0 Å². The third kappa shape index (κ3) is 4.68. The number of hydrogen-bond acceptors (Lipinski definition) is 7. The van der Waals surface area contributed by atoms with E-state index in [1.54, 1.807) is 31.2 Å². The zero-order valence-electron chi connectivity index (χ0n) is 12.7. The summed E-state index contributed by atoms with van der Waals surface area (Å²) in [5.41, 5.74) is 12.3. The summed E-state index contributed by atoms with van der Waals surface area (Å²) >= 11 is 1.15. The molecular formula is C15H17N5O2S. The van der Waals surface area contributed by atoms with E-state index in [9.17, 15) is 9.59 Å². The Kier molecular flexibility index (Phi) is 5.17. The number of carbonyl (C=O) groups is 2. The monoisotopic (exact) mass is 331 g/mol. The van der Waals surface area contributed by atoms with Gasteiger partial charge < -0.3 is 16.8 Å². The summed E-state index contributed by atoms with van der Waals surface area (Å²) in [6.45, 7) is 3.19. The Hall–Kier alpha value is -2.61. The summed E-state index contributed by atoms with van der Waals surface area (Å²) < 4.78 is 0. The molecule has 0 aliphatic heterocycles. The molecule has 120 valence electrons. The van der Waals surface area contributed by atoms with Crippen LogP contribution >= 0.6 is 11.8 Å². The lowest BCUT2D eigenvalue weighted by molar-refractivity contribution is -0.115. The van der Waals surface area contributed by atoms with Gasteiger partial charge in [-0.05, 0) is 26.0 Å². The molecule has 1 amide bonds. The third-order valence-corrected chi connectivity index (χ3v) is 3.89. The van der Waals surface area contributed by atoms with Gasteiger partial charge in [-0.15, -0.1) is 0 Å². The molecule has 23 heavy (non-hydrogen) atoms. The van der Waals surface area contributed by atoms with Crippen molar-refractivity contribution in [1.29, 1.82) is 0 Å². The Bertz CT molecular complexity index is 730. The number of hydrogen-bond donors (Lipinski definition) is 3. The number of amides is 1. The van der Waals surface area contributed by atoms with Crippen LogP contribution in [0.5, 0.6) is 0 Å². The molecule has 0 fully saturated rings. The molecule has 1 atom stereocenters. The molecule has 2 rings (SSSR count). The molecule has 0 spiro atoms. The number of carbonyl (C=O) groups excluding carboxylic acids is 2. The van der Waals surface area contributed by atoms with E-state index in [2.05, 4.69) is 15.3 Å². The maximum Gasteiger partial charge on any atom is 0.237 e. The minimum absolute atomic E-state index is 0.0628. The smallest absolute Gasteiger partial charge is 0.237 e. The highest BCUT2D eigenvalue weighted by molar-refractivity contribution is 8.00. The van der Waals surface area contributed by atoms with Crippen LogP contribution < -0.4 is 16.8 Å². The van der Waals surface area contributed by atoms with Gasteiger partial charge in [0.2, 0.25) is 5.91 Å². The number of Topliss-reactive ketones (excluding diaryl/α,β-unsaturated/α-hetero) is 1. The van der Waals surface area contributed by atoms with E-state index in [4.69, 9.17) is 11.5 Å². The highest BCUT2D eigenvalue weighted by atomic mass is 32.2. The van der Waals surface area contributed by atoms with Crippen molar-refractivity contribution in [3.8, 4) is 0 Å². The van der Waals surface area contributed by atoms with Crippen molar-refractivity contribution in [3.63, 3.8) is 0 Å². The van der Waals surface area contributed by atoms with Gasteiger partial charge in [0.15, 0.2) is 10.9 Å². The zero-order chi connectivity index (χ0) is 17.0. The van der Waals surface area contributed by atoms with Crippen LogP contribution in [0.1, 0.15) is 24.2 Å². The molecule has 1 heterocycles. The van der Waals surface area contributed by atoms with Crippen LogP contribution in [0.25, 0.3) is 0 Å². The largest absolute Gasteiger partial charge is 0.383 e. The first-order chi connectivity index (χ1) is 10.8. The van der Waals surface area contributed by atoms with Gasteiger partial charge in [-0.1, -0.05) is 23.9 Å². The number of nitrogens with zero attached hydrogens (tertiary/aromatic N) is 2. The Morgan fingerprint density at radius 2 is 1.83 bits per heavy atom. The second-order valence-electron chi connectivity index (χ2n) is 4.89. The number of anilines is 3. The Morgan fingerprint density at radius 3 is 2.43 bits per heavy atom. The fraction of sp³-hybridized carbons (Fsp3) is 0.200. The van der Waals surface area contributed by atoms with E-state index in [-0.39, 0.29) is 23.3 Å². The second kappa shape index (κ2) is 7.10. The number of benzene rings is 1. The predicted octanol–water partition coefficient (Wildman–Crippen LogP) is 1.96.